The lowest BCUT2D eigenvalue weighted by Crippen LogP contribution is -2.19. The Balaban J connectivity index is 1.75. The van der Waals surface area contributed by atoms with Crippen LogP contribution in [0.1, 0.15) is 32.0 Å². The fourth-order valence-electron chi connectivity index (χ4n) is 1.83. The van der Waals surface area contributed by atoms with Crippen LogP contribution in [0.5, 0.6) is 0 Å². The maximum Gasteiger partial charge on any atom is 0.202 e. The molecule has 2 rings (SSSR count). The Hall–Kier alpha value is -0.290. The SMILES string of the molecule is CCCc1nsc(NCC2CCSCC2)n1. The molecule has 1 aliphatic heterocycles. The summed E-state index contributed by atoms with van der Waals surface area (Å²) in [5, 5.41) is 4.43. The second kappa shape index (κ2) is 6.45. The van der Waals surface area contributed by atoms with Gasteiger partial charge in [-0.15, -0.1) is 0 Å². The Morgan fingerprint density at radius 3 is 2.94 bits per heavy atom. The summed E-state index contributed by atoms with van der Waals surface area (Å²) >= 11 is 3.58. The number of nitrogens with zero attached hydrogens (tertiary/aromatic N) is 2. The van der Waals surface area contributed by atoms with Gasteiger partial charge in [-0.2, -0.15) is 16.1 Å². The van der Waals surface area contributed by atoms with Crippen LogP contribution in [0.2, 0.25) is 0 Å². The Morgan fingerprint density at radius 1 is 1.38 bits per heavy atom. The first-order chi connectivity index (χ1) is 7.88. The second-order valence-electron chi connectivity index (χ2n) is 4.20. The van der Waals surface area contributed by atoms with E-state index >= 15 is 0 Å². The van der Waals surface area contributed by atoms with Crippen LogP contribution in [0.3, 0.4) is 0 Å². The fourth-order valence-corrected chi connectivity index (χ4v) is 3.66. The monoisotopic (exact) mass is 257 g/mol. The van der Waals surface area contributed by atoms with Crippen molar-refractivity contribution in [3.63, 3.8) is 0 Å². The van der Waals surface area contributed by atoms with Gasteiger partial charge in [0.15, 0.2) is 0 Å². The van der Waals surface area contributed by atoms with Crippen LogP contribution in [0.25, 0.3) is 0 Å². The zero-order chi connectivity index (χ0) is 11.2. The first kappa shape index (κ1) is 12.2. The molecule has 90 valence electrons. The van der Waals surface area contributed by atoms with Gasteiger partial charge < -0.3 is 5.32 Å². The Kier molecular flexibility index (Phi) is 4.91. The molecule has 0 spiro atoms. The quantitative estimate of drug-likeness (QED) is 0.880. The number of rotatable bonds is 5. The van der Waals surface area contributed by atoms with Gasteiger partial charge in [-0.1, -0.05) is 6.92 Å². The van der Waals surface area contributed by atoms with Crippen LogP contribution in [0.15, 0.2) is 0 Å². The molecular formula is C11H19N3S2. The van der Waals surface area contributed by atoms with E-state index in [9.17, 15) is 0 Å². The van der Waals surface area contributed by atoms with Crippen LogP contribution in [0.4, 0.5) is 5.13 Å². The van der Waals surface area contributed by atoms with E-state index in [-0.39, 0.29) is 0 Å². The Labute approximate surface area is 106 Å². The third kappa shape index (κ3) is 3.63. The maximum atomic E-state index is 4.48. The largest absolute Gasteiger partial charge is 0.360 e. The zero-order valence-corrected chi connectivity index (χ0v) is 11.4. The minimum absolute atomic E-state index is 0.833. The van der Waals surface area contributed by atoms with Gasteiger partial charge >= 0.3 is 0 Å². The molecule has 1 saturated heterocycles. The van der Waals surface area contributed by atoms with Gasteiger partial charge in [0.25, 0.3) is 0 Å². The van der Waals surface area contributed by atoms with E-state index in [1.807, 2.05) is 0 Å². The van der Waals surface area contributed by atoms with Gasteiger partial charge in [-0.3, -0.25) is 0 Å². The van der Waals surface area contributed by atoms with Gasteiger partial charge in [0, 0.05) is 24.5 Å². The maximum absolute atomic E-state index is 4.48. The summed E-state index contributed by atoms with van der Waals surface area (Å²) < 4.78 is 4.33. The molecule has 1 fully saturated rings. The zero-order valence-electron chi connectivity index (χ0n) is 9.74. The van der Waals surface area contributed by atoms with E-state index in [1.54, 1.807) is 0 Å². The first-order valence-corrected chi connectivity index (χ1v) is 7.95. The molecule has 16 heavy (non-hydrogen) atoms. The third-order valence-corrected chi connectivity index (χ3v) is 4.58. The average molecular weight is 257 g/mol. The highest BCUT2D eigenvalue weighted by Crippen LogP contribution is 2.23. The van der Waals surface area contributed by atoms with Gasteiger partial charge in [0.2, 0.25) is 5.13 Å². The van der Waals surface area contributed by atoms with Gasteiger partial charge in [0.1, 0.15) is 5.82 Å². The summed E-state index contributed by atoms with van der Waals surface area (Å²) in [6.07, 6.45) is 4.81. The fraction of sp³-hybridized carbons (Fsp3) is 0.818. The average Bonchev–Trinajstić information content (AvgIpc) is 2.76. The Bertz CT molecular complexity index is 308. The number of aromatic nitrogens is 2. The molecule has 1 N–H and O–H groups in total. The topological polar surface area (TPSA) is 37.8 Å². The van der Waals surface area contributed by atoms with Crippen LogP contribution < -0.4 is 5.32 Å². The summed E-state index contributed by atoms with van der Waals surface area (Å²) in [7, 11) is 0. The van der Waals surface area contributed by atoms with E-state index in [0.29, 0.717) is 0 Å². The molecule has 0 atom stereocenters. The second-order valence-corrected chi connectivity index (χ2v) is 6.18. The number of hydrogen-bond donors (Lipinski definition) is 1. The lowest BCUT2D eigenvalue weighted by atomic mass is 10.0. The van der Waals surface area contributed by atoms with E-state index in [4.69, 9.17) is 0 Å². The lowest BCUT2D eigenvalue weighted by molar-refractivity contribution is 0.516. The number of anilines is 1. The predicted octanol–water partition coefficient (Wildman–Crippen LogP) is 3.05. The van der Waals surface area contributed by atoms with Crippen LogP contribution in [-0.2, 0) is 6.42 Å². The van der Waals surface area contributed by atoms with Crippen molar-refractivity contribution in [2.24, 2.45) is 5.92 Å². The summed E-state index contributed by atoms with van der Waals surface area (Å²) in [5.41, 5.74) is 0. The summed E-state index contributed by atoms with van der Waals surface area (Å²) in [4.78, 5) is 4.48. The van der Waals surface area contributed by atoms with Gasteiger partial charge in [-0.05, 0) is 36.7 Å². The molecule has 0 amide bonds. The standard InChI is InChI=1S/C11H19N3S2/c1-2-3-10-13-11(16-14-10)12-8-9-4-6-15-7-5-9/h9H,2-8H2,1H3,(H,12,13,14). The van der Waals surface area contributed by atoms with Crippen LogP contribution in [-0.4, -0.2) is 27.4 Å². The summed E-state index contributed by atoms with van der Waals surface area (Å²) in [5.74, 6) is 4.47. The summed E-state index contributed by atoms with van der Waals surface area (Å²) in [6.45, 7) is 3.23. The van der Waals surface area contributed by atoms with Crippen LogP contribution >= 0.6 is 23.3 Å². The van der Waals surface area contributed by atoms with Crippen molar-refractivity contribution in [2.75, 3.05) is 23.4 Å². The van der Waals surface area contributed by atoms with Crippen molar-refractivity contribution in [3.05, 3.63) is 5.82 Å². The van der Waals surface area contributed by atoms with Crippen molar-refractivity contribution in [1.82, 2.24) is 9.36 Å². The third-order valence-electron chi connectivity index (χ3n) is 2.82. The molecular weight excluding hydrogens is 238 g/mol. The molecule has 0 aliphatic carbocycles. The van der Waals surface area contributed by atoms with Crippen molar-refractivity contribution in [2.45, 2.75) is 32.6 Å². The molecule has 1 aromatic rings. The molecule has 0 saturated carbocycles. The molecule has 0 aromatic carbocycles. The number of nitrogens with one attached hydrogen (secondary N) is 1. The van der Waals surface area contributed by atoms with Crippen molar-refractivity contribution in [1.29, 1.82) is 0 Å². The van der Waals surface area contributed by atoms with Gasteiger partial charge in [-0.25, -0.2) is 4.98 Å². The van der Waals surface area contributed by atoms with E-state index in [0.717, 1.165) is 36.3 Å². The van der Waals surface area contributed by atoms with Crippen molar-refractivity contribution < 1.29 is 0 Å². The molecule has 0 bridgehead atoms. The molecule has 1 aromatic heterocycles. The number of thioether (sulfide) groups is 1. The van der Waals surface area contributed by atoms with Crippen LogP contribution in [0, 0.1) is 5.92 Å². The van der Waals surface area contributed by atoms with Crippen molar-refractivity contribution >= 4 is 28.4 Å². The first-order valence-electron chi connectivity index (χ1n) is 6.02. The highest BCUT2D eigenvalue weighted by Gasteiger charge is 2.14. The van der Waals surface area contributed by atoms with E-state index in [1.165, 1.54) is 35.9 Å². The van der Waals surface area contributed by atoms with Gasteiger partial charge in [0.05, 0.1) is 0 Å². The predicted molar refractivity (Wildman–Crippen MR) is 72.4 cm³/mol. The molecule has 3 nitrogen and oxygen atoms in total. The molecule has 5 heteroatoms. The molecule has 0 radical (unpaired) electrons. The lowest BCUT2D eigenvalue weighted by Gasteiger charge is -2.21. The molecule has 1 aliphatic rings. The van der Waals surface area contributed by atoms with E-state index in [2.05, 4.69) is 33.4 Å². The minimum Gasteiger partial charge on any atom is -0.360 e. The smallest absolute Gasteiger partial charge is 0.202 e. The highest BCUT2D eigenvalue weighted by atomic mass is 32.2. The van der Waals surface area contributed by atoms with Crippen molar-refractivity contribution in [3.8, 4) is 0 Å². The normalized spacial score (nSPS) is 17.6. The Morgan fingerprint density at radius 2 is 2.19 bits per heavy atom. The van der Waals surface area contributed by atoms with E-state index < -0.39 is 0 Å². The molecule has 0 unspecified atom stereocenters. The molecule has 2 heterocycles. The summed E-state index contributed by atoms with van der Waals surface area (Å²) in [6, 6.07) is 0. The minimum atomic E-state index is 0.833. The highest BCUT2D eigenvalue weighted by molar-refractivity contribution is 7.99. The number of aryl methyl sites for hydroxylation is 1. The number of hydrogen-bond acceptors (Lipinski definition) is 5.